The number of nitrogens with zero attached hydrogens (tertiary/aromatic N) is 1. The highest BCUT2D eigenvalue weighted by Gasteiger charge is 2.56. The van der Waals surface area contributed by atoms with Crippen molar-refractivity contribution in [1.82, 2.24) is 15.5 Å². The van der Waals surface area contributed by atoms with Crippen LogP contribution in [0.15, 0.2) is 42.7 Å². The van der Waals surface area contributed by atoms with Crippen LogP contribution in [0.4, 0.5) is 0 Å². The van der Waals surface area contributed by atoms with E-state index in [1.54, 1.807) is 12.4 Å². The Morgan fingerprint density at radius 3 is 3.00 bits per heavy atom. The summed E-state index contributed by atoms with van der Waals surface area (Å²) in [5.74, 6) is -0.0252. The van der Waals surface area contributed by atoms with E-state index < -0.39 is 0 Å². The predicted molar refractivity (Wildman–Crippen MR) is 95.2 cm³/mol. The topological polar surface area (TPSA) is 67.0 Å². The molecular weight excluding hydrogens is 314 g/mol. The van der Waals surface area contributed by atoms with Crippen molar-refractivity contribution in [3.63, 3.8) is 0 Å². The molecule has 25 heavy (non-hydrogen) atoms. The van der Waals surface area contributed by atoms with Crippen LogP contribution < -0.4 is 5.32 Å². The third-order valence-corrected chi connectivity index (χ3v) is 5.68. The second kappa shape index (κ2) is 7.00. The van der Waals surface area contributed by atoms with E-state index in [9.17, 15) is 4.79 Å². The number of carbonyl (C=O) groups is 1. The van der Waals surface area contributed by atoms with Crippen LogP contribution in [0, 0.1) is 5.41 Å². The lowest BCUT2D eigenvalue weighted by molar-refractivity contribution is 0.00794. The van der Waals surface area contributed by atoms with E-state index in [1.165, 1.54) is 18.4 Å². The fourth-order valence-corrected chi connectivity index (χ4v) is 4.14. The highest BCUT2D eigenvalue weighted by Crippen LogP contribution is 2.56. The second-order valence-electron chi connectivity index (χ2n) is 7.40. The third-order valence-electron chi connectivity index (χ3n) is 5.68. The van der Waals surface area contributed by atoms with E-state index in [0.29, 0.717) is 11.7 Å². The number of ether oxygens (including phenoxy) is 1. The molecule has 2 saturated carbocycles. The van der Waals surface area contributed by atoms with Crippen molar-refractivity contribution in [3.05, 3.63) is 53.9 Å². The summed E-state index contributed by atoms with van der Waals surface area (Å²) >= 11 is 0. The Bertz CT molecular complexity index is 701. The lowest BCUT2D eigenvalue weighted by atomic mass is 9.83. The van der Waals surface area contributed by atoms with E-state index in [0.717, 1.165) is 32.3 Å². The number of aromatic amines is 1. The first-order chi connectivity index (χ1) is 12.3. The Labute approximate surface area is 148 Å². The largest absolute Gasteiger partial charge is 0.378 e. The summed E-state index contributed by atoms with van der Waals surface area (Å²) in [6, 6.07) is 10.8. The normalized spacial score (nSPS) is 28.0. The van der Waals surface area contributed by atoms with Gasteiger partial charge < -0.3 is 10.1 Å². The summed E-state index contributed by atoms with van der Waals surface area (Å²) in [4.78, 5) is 12.2. The Balaban J connectivity index is 1.25. The quantitative estimate of drug-likeness (QED) is 0.850. The van der Waals surface area contributed by atoms with Gasteiger partial charge in [0, 0.05) is 12.2 Å². The monoisotopic (exact) mass is 339 g/mol. The van der Waals surface area contributed by atoms with E-state index >= 15 is 0 Å². The average Bonchev–Trinajstić information content (AvgIpc) is 3.04. The first-order valence-electron chi connectivity index (χ1n) is 9.20. The smallest absolute Gasteiger partial charge is 0.254 e. The standard InChI is InChI=1S/C20H25N3O2/c24-19(16-13-21-22-14-16)23-18-12-20(18)9-4-7-17(11-20)25-10-8-15-5-2-1-3-6-15/h1-3,5-6,13-14,17-18H,4,7-12H2,(H,21,22)(H,23,24)/t17-,18?,20+/m0/s1. The molecule has 0 saturated heterocycles. The molecular formula is C20H25N3O2. The molecule has 1 spiro atoms. The predicted octanol–water partition coefficient (Wildman–Crippen LogP) is 3.10. The van der Waals surface area contributed by atoms with Crippen molar-refractivity contribution < 1.29 is 9.53 Å². The number of aromatic nitrogens is 2. The Morgan fingerprint density at radius 2 is 2.20 bits per heavy atom. The van der Waals surface area contributed by atoms with Gasteiger partial charge in [-0.15, -0.1) is 0 Å². The third kappa shape index (κ3) is 3.76. The van der Waals surface area contributed by atoms with Gasteiger partial charge in [-0.05, 0) is 43.1 Å². The Kier molecular flexibility index (Phi) is 4.57. The minimum absolute atomic E-state index is 0.0252. The molecule has 1 aromatic heterocycles. The molecule has 2 N–H and O–H groups in total. The number of rotatable bonds is 6. The van der Waals surface area contributed by atoms with Gasteiger partial charge in [0.25, 0.3) is 5.91 Å². The molecule has 2 aliphatic rings. The molecule has 1 amide bonds. The number of nitrogens with one attached hydrogen (secondary N) is 2. The lowest BCUT2D eigenvalue weighted by Crippen LogP contribution is -2.33. The highest BCUT2D eigenvalue weighted by atomic mass is 16.5. The summed E-state index contributed by atoms with van der Waals surface area (Å²) in [7, 11) is 0. The summed E-state index contributed by atoms with van der Waals surface area (Å²) in [5.41, 5.74) is 2.19. The first-order valence-corrected chi connectivity index (χ1v) is 9.20. The van der Waals surface area contributed by atoms with Crippen molar-refractivity contribution in [2.24, 2.45) is 5.41 Å². The maximum absolute atomic E-state index is 12.2. The van der Waals surface area contributed by atoms with E-state index in [2.05, 4.69) is 39.8 Å². The molecule has 2 aliphatic carbocycles. The highest BCUT2D eigenvalue weighted by molar-refractivity contribution is 5.94. The minimum atomic E-state index is -0.0252. The second-order valence-corrected chi connectivity index (χ2v) is 7.40. The number of H-pyrrole nitrogens is 1. The van der Waals surface area contributed by atoms with Gasteiger partial charge in [0.15, 0.2) is 0 Å². The fraction of sp³-hybridized carbons (Fsp3) is 0.500. The summed E-state index contributed by atoms with van der Waals surface area (Å²) < 4.78 is 6.16. The molecule has 132 valence electrons. The van der Waals surface area contributed by atoms with Crippen LogP contribution in [-0.4, -0.2) is 34.9 Å². The number of amides is 1. The first kappa shape index (κ1) is 16.3. The van der Waals surface area contributed by atoms with E-state index in [4.69, 9.17) is 4.74 Å². The van der Waals surface area contributed by atoms with Crippen LogP contribution in [0.5, 0.6) is 0 Å². The van der Waals surface area contributed by atoms with Crippen molar-refractivity contribution in [2.45, 2.75) is 50.7 Å². The molecule has 5 nitrogen and oxygen atoms in total. The minimum Gasteiger partial charge on any atom is -0.378 e. The maximum atomic E-state index is 12.2. The number of hydrogen-bond donors (Lipinski definition) is 2. The molecule has 2 fully saturated rings. The van der Waals surface area contributed by atoms with Gasteiger partial charge in [-0.25, -0.2) is 0 Å². The zero-order valence-electron chi connectivity index (χ0n) is 14.4. The zero-order chi connectivity index (χ0) is 17.1. The number of hydrogen-bond acceptors (Lipinski definition) is 3. The molecule has 5 heteroatoms. The van der Waals surface area contributed by atoms with Gasteiger partial charge in [0.05, 0.1) is 24.5 Å². The van der Waals surface area contributed by atoms with Gasteiger partial charge in [-0.2, -0.15) is 5.10 Å². The van der Waals surface area contributed by atoms with Crippen molar-refractivity contribution >= 4 is 5.91 Å². The van der Waals surface area contributed by atoms with Gasteiger partial charge in [0.1, 0.15) is 0 Å². The molecule has 1 unspecified atom stereocenters. The fourth-order valence-electron chi connectivity index (χ4n) is 4.14. The number of benzene rings is 1. The summed E-state index contributed by atoms with van der Waals surface area (Å²) in [5, 5.41) is 9.69. The van der Waals surface area contributed by atoms with E-state index in [1.807, 2.05) is 6.07 Å². The van der Waals surface area contributed by atoms with Gasteiger partial charge in [0.2, 0.25) is 0 Å². The molecule has 4 rings (SSSR count). The average molecular weight is 339 g/mol. The van der Waals surface area contributed by atoms with Gasteiger partial charge in [-0.3, -0.25) is 9.89 Å². The summed E-state index contributed by atoms with van der Waals surface area (Å²) in [6.45, 7) is 0.775. The molecule has 1 heterocycles. The van der Waals surface area contributed by atoms with Crippen LogP contribution in [0.2, 0.25) is 0 Å². The van der Waals surface area contributed by atoms with Gasteiger partial charge in [-0.1, -0.05) is 36.8 Å². The lowest BCUT2D eigenvalue weighted by Gasteiger charge is -2.30. The zero-order valence-corrected chi connectivity index (χ0v) is 14.4. The molecule has 0 bridgehead atoms. The molecule has 0 aliphatic heterocycles. The van der Waals surface area contributed by atoms with E-state index in [-0.39, 0.29) is 17.4 Å². The van der Waals surface area contributed by atoms with Crippen LogP contribution in [0.1, 0.15) is 48.0 Å². The molecule has 3 atom stereocenters. The van der Waals surface area contributed by atoms with Crippen molar-refractivity contribution in [3.8, 4) is 0 Å². The van der Waals surface area contributed by atoms with Crippen molar-refractivity contribution in [1.29, 1.82) is 0 Å². The SMILES string of the molecule is O=C(NC1C[C@]12CCC[C@H](OCCc1ccccc1)C2)c1cn[nH]c1. The van der Waals surface area contributed by atoms with Gasteiger partial charge >= 0.3 is 0 Å². The Hall–Kier alpha value is -2.14. The van der Waals surface area contributed by atoms with Crippen LogP contribution in [0.25, 0.3) is 0 Å². The van der Waals surface area contributed by atoms with Crippen LogP contribution in [0.3, 0.4) is 0 Å². The van der Waals surface area contributed by atoms with Crippen LogP contribution in [-0.2, 0) is 11.2 Å². The Morgan fingerprint density at radius 1 is 1.32 bits per heavy atom. The van der Waals surface area contributed by atoms with Crippen LogP contribution >= 0.6 is 0 Å². The molecule has 2 aromatic rings. The molecule has 1 aromatic carbocycles. The maximum Gasteiger partial charge on any atom is 0.254 e. The molecule has 0 radical (unpaired) electrons. The number of carbonyl (C=O) groups excluding carboxylic acids is 1. The summed E-state index contributed by atoms with van der Waals surface area (Å²) in [6.07, 6.45) is 10.2. The van der Waals surface area contributed by atoms with Crippen molar-refractivity contribution in [2.75, 3.05) is 6.61 Å².